The Balaban J connectivity index is 2.26. The van der Waals surface area contributed by atoms with Crippen LogP contribution in [0.3, 0.4) is 0 Å². The van der Waals surface area contributed by atoms with Gasteiger partial charge in [0.25, 0.3) is 0 Å². The van der Waals surface area contributed by atoms with E-state index < -0.39 is 0 Å². The molecule has 1 heterocycles. The van der Waals surface area contributed by atoms with Crippen LogP contribution in [0.15, 0.2) is 19.0 Å². The lowest BCUT2D eigenvalue weighted by atomic mass is 9.99. The third-order valence-corrected chi connectivity index (χ3v) is 2.97. The minimum atomic E-state index is 0.627. The van der Waals surface area contributed by atoms with Crippen LogP contribution in [0.4, 0.5) is 0 Å². The van der Waals surface area contributed by atoms with Gasteiger partial charge in [0.1, 0.15) is 0 Å². The number of hydrogen-bond acceptors (Lipinski definition) is 3. The van der Waals surface area contributed by atoms with Gasteiger partial charge in [-0.25, -0.2) is 0 Å². The Morgan fingerprint density at radius 3 is 2.94 bits per heavy atom. The third-order valence-electron chi connectivity index (χ3n) is 2.97. The minimum Gasteiger partial charge on any atom is -0.384 e. The Morgan fingerprint density at radius 2 is 2.31 bits per heavy atom. The molecule has 86 valence electrons. The van der Waals surface area contributed by atoms with Gasteiger partial charge in [-0.2, -0.15) is 0 Å². The molecule has 1 saturated carbocycles. The highest BCUT2D eigenvalue weighted by Crippen LogP contribution is 2.43. The number of nitrogens with zero attached hydrogens (tertiary/aromatic N) is 1. The fourth-order valence-corrected chi connectivity index (χ4v) is 2.01. The molecular weight excluding hydrogens is 198 g/mol. The Bertz CT molecular complexity index is 394. The molecule has 1 aromatic heterocycles. The zero-order chi connectivity index (χ0) is 11.5. The number of aromatic nitrogens is 1. The molecule has 1 aliphatic rings. The quantitative estimate of drug-likeness (QED) is 0.790. The Labute approximate surface area is 96.8 Å². The summed E-state index contributed by atoms with van der Waals surface area (Å²) in [6.07, 6.45) is 6.44. The summed E-state index contributed by atoms with van der Waals surface area (Å²) < 4.78 is 0. The van der Waals surface area contributed by atoms with Crippen molar-refractivity contribution < 1.29 is 0 Å². The molecule has 1 fully saturated rings. The Kier molecular flexibility index (Phi) is 3.25. The first-order valence-corrected chi connectivity index (χ1v) is 5.81. The molecule has 0 spiro atoms. The number of nitrogens with two attached hydrogens (primary N) is 1. The molecule has 3 nitrogen and oxygen atoms in total. The Morgan fingerprint density at radius 1 is 1.56 bits per heavy atom. The van der Waals surface area contributed by atoms with Crippen molar-refractivity contribution in [1.82, 2.24) is 10.3 Å². The average Bonchev–Trinajstić information content (AvgIpc) is 3.09. The maximum atomic E-state index is 5.49. The molecule has 0 unspecified atom stereocenters. The summed E-state index contributed by atoms with van der Waals surface area (Å²) in [4.78, 5) is 4.28. The summed E-state index contributed by atoms with van der Waals surface area (Å²) in [5.41, 5.74) is 10.2. The van der Waals surface area contributed by atoms with Gasteiger partial charge in [-0.3, -0.25) is 4.98 Å². The van der Waals surface area contributed by atoms with Crippen LogP contribution >= 0.6 is 0 Å². The number of hydrogen-bond donors (Lipinski definition) is 2. The number of rotatable bonds is 5. The summed E-state index contributed by atoms with van der Waals surface area (Å²) in [6.45, 7) is 7.58. The maximum absolute atomic E-state index is 5.49. The fraction of sp³-hybridized carbons (Fsp3) is 0.462. The van der Waals surface area contributed by atoms with Crippen molar-refractivity contribution in [3.8, 4) is 0 Å². The van der Waals surface area contributed by atoms with Crippen molar-refractivity contribution in [2.75, 3.05) is 13.1 Å². The second kappa shape index (κ2) is 4.66. The average molecular weight is 217 g/mol. The standard InChI is InChI=1S/C13H19N3/c1-9-7-15-8-12(11-3-4-11)13(9)10(2)16-6-5-14/h7-8,11,16H,2-6,14H2,1H3. The summed E-state index contributed by atoms with van der Waals surface area (Å²) >= 11 is 0. The van der Waals surface area contributed by atoms with Crippen molar-refractivity contribution in [2.24, 2.45) is 5.73 Å². The monoisotopic (exact) mass is 217 g/mol. The van der Waals surface area contributed by atoms with E-state index in [1.54, 1.807) is 0 Å². The molecule has 1 aliphatic carbocycles. The molecule has 3 N–H and O–H groups in total. The van der Waals surface area contributed by atoms with Crippen LogP contribution in [-0.2, 0) is 0 Å². The SMILES string of the molecule is C=C(NCCN)c1c(C)cncc1C1CC1. The predicted molar refractivity (Wildman–Crippen MR) is 67.0 cm³/mol. The summed E-state index contributed by atoms with van der Waals surface area (Å²) in [5.74, 6) is 0.693. The van der Waals surface area contributed by atoms with Crippen LogP contribution in [-0.4, -0.2) is 18.1 Å². The highest BCUT2D eigenvalue weighted by atomic mass is 14.9. The molecule has 1 aromatic rings. The van der Waals surface area contributed by atoms with E-state index in [0.717, 1.165) is 12.2 Å². The van der Waals surface area contributed by atoms with Crippen molar-refractivity contribution in [3.63, 3.8) is 0 Å². The zero-order valence-electron chi connectivity index (χ0n) is 9.79. The van der Waals surface area contributed by atoms with E-state index in [2.05, 4.69) is 23.8 Å². The topological polar surface area (TPSA) is 50.9 Å². The summed E-state index contributed by atoms with van der Waals surface area (Å²) in [6, 6.07) is 0. The second-order valence-electron chi connectivity index (χ2n) is 4.39. The molecule has 2 rings (SSSR count). The zero-order valence-corrected chi connectivity index (χ0v) is 9.79. The van der Waals surface area contributed by atoms with E-state index >= 15 is 0 Å². The van der Waals surface area contributed by atoms with Gasteiger partial charge in [-0.05, 0) is 36.8 Å². The van der Waals surface area contributed by atoms with E-state index in [4.69, 9.17) is 5.73 Å². The number of pyridine rings is 1. The molecule has 0 aliphatic heterocycles. The van der Waals surface area contributed by atoms with Crippen LogP contribution in [0.25, 0.3) is 5.70 Å². The largest absolute Gasteiger partial charge is 0.384 e. The van der Waals surface area contributed by atoms with E-state index in [-0.39, 0.29) is 0 Å². The summed E-state index contributed by atoms with van der Waals surface area (Å²) in [5, 5.41) is 3.27. The van der Waals surface area contributed by atoms with Gasteiger partial charge in [0.2, 0.25) is 0 Å². The first-order valence-electron chi connectivity index (χ1n) is 5.81. The fourth-order valence-electron chi connectivity index (χ4n) is 2.01. The molecule has 0 aromatic carbocycles. The third kappa shape index (κ3) is 2.25. The van der Waals surface area contributed by atoms with Crippen LogP contribution in [0.2, 0.25) is 0 Å². The van der Waals surface area contributed by atoms with Gasteiger partial charge in [0.15, 0.2) is 0 Å². The van der Waals surface area contributed by atoms with Crippen LogP contribution < -0.4 is 11.1 Å². The highest BCUT2D eigenvalue weighted by Gasteiger charge is 2.27. The smallest absolute Gasteiger partial charge is 0.0347 e. The lowest BCUT2D eigenvalue weighted by Gasteiger charge is -2.15. The van der Waals surface area contributed by atoms with Gasteiger partial charge < -0.3 is 11.1 Å². The number of aryl methyl sites for hydroxylation is 1. The molecule has 0 radical (unpaired) electrons. The maximum Gasteiger partial charge on any atom is 0.0347 e. The minimum absolute atomic E-state index is 0.627. The molecule has 0 saturated heterocycles. The number of nitrogens with one attached hydrogen (secondary N) is 1. The van der Waals surface area contributed by atoms with E-state index in [0.29, 0.717) is 12.5 Å². The molecular formula is C13H19N3. The molecule has 16 heavy (non-hydrogen) atoms. The van der Waals surface area contributed by atoms with Crippen molar-refractivity contribution in [2.45, 2.75) is 25.7 Å². The molecule has 0 amide bonds. The van der Waals surface area contributed by atoms with Gasteiger partial charge in [-0.1, -0.05) is 6.58 Å². The van der Waals surface area contributed by atoms with E-state index in [1.165, 1.54) is 29.5 Å². The van der Waals surface area contributed by atoms with Gasteiger partial charge in [0, 0.05) is 36.7 Å². The van der Waals surface area contributed by atoms with E-state index in [1.807, 2.05) is 12.4 Å². The first kappa shape index (κ1) is 11.1. The highest BCUT2D eigenvalue weighted by molar-refractivity contribution is 5.68. The lowest BCUT2D eigenvalue weighted by Crippen LogP contribution is -2.21. The van der Waals surface area contributed by atoms with Crippen molar-refractivity contribution in [1.29, 1.82) is 0 Å². The predicted octanol–water partition coefficient (Wildman–Crippen LogP) is 1.79. The molecule has 3 heteroatoms. The van der Waals surface area contributed by atoms with Gasteiger partial charge in [0.05, 0.1) is 0 Å². The van der Waals surface area contributed by atoms with Crippen molar-refractivity contribution in [3.05, 3.63) is 35.7 Å². The van der Waals surface area contributed by atoms with Crippen molar-refractivity contribution >= 4 is 5.70 Å². The molecule has 0 atom stereocenters. The van der Waals surface area contributed by atoms with Gasteiger partial charge >= 0.3 is 0 Å². The Hall–Kier alpha value is -1.35. The first-order chi connectivity index (χ1) is 7.74. The second-order valence-corrected chi connectivity index (χ2v) is 4.39. The van der Waals surface area contributed by atoms with E-state index in [9.17, 15) is 0 Å². The normalized spacial score (nSPS) is 14.9. The van der Waals surface area contributed by atoms with Crippen LogP contribution in [0.1, 0.15) is 35.4 Å². The van der Waals surface area contributed by atoms with Gasteiger partial charge in [-0.15, -0.1) is 0 Å². The summed E-state index contributed by atoms with van der Waals surface area (Å²) in [7, 11) is 0. The van der Waals surface area contributed by atoms with Crippen LogP contribution in [0, 0.1) is 6.92 Å². The van der Waals surface area contributed by atoms with Crippen LogP contribution in [0.5, 0.6) is 0 Å². The lowest BCUT2D eigenvalue weighted by molar-refractivity contribution is 0.854. The molecule has 0 bridgehead atoms.